The SMILES string of the molecule is C[C@@H](O)[C@@H](C)SC(=O)c1ccccc1. The number of aliphatic hydroxyl groups is 1. The number of carbonyl (C=O) groups excluding carboxylic acids is 1. The van der Waals surface area contributed by atoms with E-state index in [0.717, 1.165) is 0 Å². The van der Waals surface area contributed by atoms with Crippen LogP contribution in [0, 0.1) is 0 Å². The Kier molecular flexibility index (Phi) is 4.17. The number of carbonyl (C=O) groups is 1. The van der Waals surface area contributed by atoms with E-state index >= 15 is 0 Å². The van der Waals surface area contributed by atoms with Crippen molar-refractivity contribution in [2.45, 2.75) is 25.2 Å². The van der Waals surface area contributed by atoms with Gasteiger partial charge in [-0.25, -0.2) is 0 Å². The Morgan fingerprint density at radius 1 is 1.29 bits per heavy atom. The molecule has 0 radical (unpaired) electrons. The van der Waals surface area contributed by atoms with E-state index in [4.69, 9.17) is 0 Å². The van der Waals surface area contributed by atoms with Crippen molar-refractivity contribution in [1.29, 1.82) is 0 Å². The summed E-state index contributed by atoms with van der Waals surface area (Å²) in [6.45, 7) is 3.53. The van der Waals surface area contributed by atoms with Crippen LogP contribution in [-0.4, -0.2) is 21.6 Å². The number of hydrogen-bond donors (Lipinski definition) is 1. The number of hydrogen-bond acceptors (Lipinski definition) is 3. The molecule has 0 saturated heterocycles. The van der Waals surface area contributed by atoms with Crippen LogP contribution in [0.2, 0.25) is 0 Å². The second-order valence-electron chi connectivity index (χ2n) is 3.22. The van der Waals surface area contributed by atoms with Crippen LogP contribution in [0.4, 0.5) is 0 Å². The van der Waals surface area contributed by atoms with E-state index in [2.05, 4.69) is 0 Å². The molecule has 3 heteroatoms. The monoisotopic (exact) mass is 210 g/mol. The molecular formula is C11H14O2S. The minimum atomic E-state index is -0.465. The van der Waals surface area contributed by atoms with Crippen molar-refractivity contribution in [3.63, 3.8) is 0 Å². The summed E-state index contributed by atoms with van der Waals surface area (Å²) in [7, 11) is 0. The van der Waals surface area contributed by atoms with E-state index in [1.165, 1.54) is 11.8 Å². The Morgan fingerprint density at radius 2 is 1.86 bits per heavy atom. The third-order valence-corrected chi connectivity index (χ3v) is 3.20. The Bertz CT molecular complexity index is 295. The molecule has 0 aliphatic carbocycles. The highest BCUT2D eigenvalue weighted by atomic mass is 32.2. The van der Waals surface area contributed by atoms with Gasteiger partial charge in [-0.3, -0.25) is 4.79 Å². The molecule has 0 amide bonds. The Morgan fingerprint density at radius 3 is 2.36 bits per heavy atom. The zero-order valence-corrected chi connectivity index (χ0v) is 9.12. The predicted molar refractivity (Wildman–Crippen MR) is 59.5 cm³/mol. The maximum Gasteiger partial charge on any atom is 0.219 e. The molecule has 0 aliphatic rings. The van der Waals surface area contributed by atoms with Crippen LogP contribution in [-0.2, 0) is 0 Å². The van der Waals surface area contributed by atoms with Crippen molar-refractivity contribution in [2.75, 3.05) is 0 Å². The van der Waals surface area contributed by atoms with Gasteiger partial charge in [-0.05, 0) is 6.92 Å². The van der Waals surface area contributed by atoms with Crippen LogP contribution in [0.5, 0.6) is 0 Å². The molecule has 2 atom stereocenters. The highest BCUT2D eigenvalue weighted by Gasteiger charge is 2.15. The van der Waals surface area contributed by atoms with Crippen molar-refractivity contribution in [3.8, 4) is 0 Å². The first-order valence-corrected chi connectivity index (χ1v) is 5.43. The van der Waals surface area contributed by atoms with E-state index in [-0.39, 0.29) is 10.4 Å². The normalized spacial score (nSPS) is 14.8. The number of benzene rings is 1. The minimum Gasteiger partial charge on any atom is -0.392 e. The molecule has 1 N–H and O–H groups in total. The lowest BCUT2D eigenvalue weighted by molar-refractivity contribution is 0.108. The number of thioether (sulfide) groups is 1. The average Bonchev–Trinajstić information content (AvgIpc) is 2.19. The molecular weight excluding hydrogens is 196 g/mol. The molecule has 14 heavy (non-hydrogen) atoms. The van der Waals surface area contributed by atoms with Crippen molar-refractivity contribution in [1.82, 2.24) is 0 Å². The Labute approximate surface area is 88.3 Å². The van der Waals surface area contributed by atoms with E-state index in [1.807, 2.05) is 25.1 Å². The highest BCUT2D eigenvalue weighted by Crippen LogP contribution is 2.19. The van der Waals surface area contributed by atoms with E-state index < -0.39 is 6.10 Å². The smallest absolute Gasteiger partial charge is 0.219 e. The van der Waals surface area contributed by atoms with Gasteiger partial charge in [-0.15, -0.1) is 0 Å². The standard InChI is InChI=1S/C11H14O2S/c1-8(12)9(2)14-11(13)10-6-4-3-5-7-10/h3-9,12H,1-2H3/t8-,9-/m1/s1. The molecule has 1 rings (SSSR count). The van der Waals surface area contributed by atoms with Crippen molar-refractivity contribution < 1.29 is 9.90 Å². The molecule has 1 aromatic carbocycles. The quantitative estimate of drug-likeness (QED) is 0.832. The fraction of sp³-hybridized carbons (Fsp3) is 0.364. The van der Waals surface area contributed by atoms with Gasteiger partial charge in [0.1, 0.15) is 0 Å². The molecule has 76 valence electrons. The third kappa shape index (κ3) is 3.16. The molecule has 2 nitrogen and oxygen atoms in total. The number of rotatable bonds is 3. The molecule has 0 bridgehead atoms. The van der Waals surface area contributed by atoms with Crippen molar-refractivity contribution >= 4 is 16.9 Å². The zero-order valence-electron chi connectivity index (χ0n) is 8.31. The van der Waals surface area contributed by atoms with E-state index in [1.54, 1.807) is 19.1 Å². The van der Waals surface area contributed by atoms with Crippen LogP contribution in [0.3, 0.4) is 0 Å². The van der Waals surface area contributed by atoms with Gasteiger partial charge in [-0.2, -0.15) is 0 Å². The molecule has 0 unspecified atom stereocenters. The molecule has 0 aliphatic heterocycles. The Balaban J connectivity index is 2.60. The van der Waals surface area contributed by atoms with Crippen molar-refractivity contribution in [2.24, 2.45) is 0 Å². The van der Waals surface area contributed by atoms with Gasteiger partial charge >= 0.3 is 0 Å². The van der Waals surface area contributed by atoms with Crippen LogP contribution in [0.15, 0.2) is 30.3 Å². The average molecular weight is 210 g/mol. The third-order valence-electron chi connectivity index (χ3n) is 1.98. The summed E-state index contributed by atoms with van der Waals surface area (Å²) in [5, 5.41) is 9.19. The second kappa shape index (κ2) is 5.17. The zero-order chi connectivity index (χ0) is 10.6. The summed E-state index contributed by atoms with van der Waals surface area (Å²) < 4.78 is 0. The lowest BCUT2D eigenvalue weighted by Crippen LogP contribution is -2.17. The minimum absolute atomic E-state index is 0.0130. The van der Waals surface area contributed by atoms with Gasteiger partial charge < -0.3 is 5.11 Å². The van der Waals surface area contributed by atoms with Gasteiger partial charge in [0.2, 0.25) is 5.12 Å². The lowest BCUT2D eigenvalue weighted by atomic mass is 10.2. The molecule has 0 saturated carbocycles. The topological polar surface area (TPSA) is 37.3 Å². The molecule has 0 spiro atoms. The fourth-order valence-corrected chi connectivity index (χ4v) is 1.72. The summed E-state index contributed by atoms with van der Waals surface area (Å²) in [5.41, 5.74) is 0.685. The predicted octanol–water partition coefficient (Wildman–Crippen LogP) is 2.33. The van der Waals surface area contributed by atoms with Crippen molar-refractivity contribution in [3.05, 3.63) is 35.9 Å². The molecule has 1 aromatic rings. The maximum absolute atomic E-state index is 11.6. The largest absolute Gasteiger partial charge is 0.392 e. The van der Waals surface area contributed by atoms with Gasteiger partial charge in [-0.1, -0.05) is 49.0 Å². The molecule has 0 aromatic heterocycles. The van der Waals surface area contributed by atoms with Crippen LogP contribution < -0.4 is 0 Å². The van der Waals surface area contributed by atoms with Crippen LogP contribution >= 0.6 is 11.8 Å². The van der Waals surface area contributed by atoms with Gasteiger partial charge in [0.25, 0.3) is 0 Å². The van der Waals surface area contributed by atoms with Crippen LogP contribution in [0.1, 0.15) is 24.2 Å². The van der Waals surface area contributed by atoms with E-state index in [9.17, 15) is 9.90 Å². The lowest BCUT2D eigenvalue weighted by Gasteiger charge is -2.12. The molecule has 0 fully saturated rings. The van der Waals surface area contributed by atoms with Gasteiger partial charge in [0.15, 0.2) is 0 Å². The summed E-state index contributed by atoms with van der Waals surface area (Å²) in [6, 6.07) is 9.11. The maximum atomic E-state index is 11.6. The first kappa shape index (κ1) is 11.3. The van der Waals surface area contributed by atoms with Crippen LogP contribution in [0.25, 0.3) is 0 Å². The van der Waals surface area contributed by atoms with Gasteiger partial charge in [0, 0.05) is 10.8 Å². The number of aliphatic hydroxyl groups excluding tert-OH is 1. The summed E-state index contributed by atoms with van der Waals surface area (Å²) in [6.07, 6.45) is -0.465. The fourth-order valence-electron chi connectivity index (χ4n) is 0.910. The highest BCUT2D eigenvalue weighted by molar-refractivity contribution is 8.14. The second-order valence-corrected chi connectivity index (χ2v) is 4.57. The first-order valence-electron chi connectivity index (χ1n) is 4.55. The summed E-state index contributed by atoms with van der Waals surface area (Å²) in [5.74, 6) is 0. The first-order chi connectivity index (χ1) is 6.61. The van der Waals surface area contributed by atoms with E-state index in [0.29, 0.717) is 5.56 Å². The Hall–Kier alpha value is -0.800. The molecule has 0 heterocycles. The summed E-state index contributed by atoms with van der Waals surface area (Å²) >= 11 is 1.17. The summed E-state index contributed by atoms with van der Waals surface area (Å²) in [4.78, 5) is 11.6. The van der Waals surface area contributed by atoms with Gasteiger partial charge in [0.05, 0.1) is 6.10 Å².